The summed E-state index contributed by atoms with van der Waals surface area (Å²) >= 11 is 0. The molecule has 12 nitrogen and oxygen atoms in total. The van der Waals surface area contributed by atoms with Crippen molar-refractivity contribution in [2.45, 2.75) is 159 Å². The van der Waals surface area contributed by atoms with Crippen molar-refractivity contribution >= 4 is 23.8 Å². The zero-order chi connectivity index (χ0) is 33.3. The molecule has 262 valence electrons. The van der Waals surface area contributed by atoms with E-state index in [2.05, 4.69) is 20.1 Å². The van der Waals surface area contributed by atoms with Gasteiger partial charge in [-0.1, -0.05) is 89.9 Å². The van der Waals surface area contributed by atoms with E-state index >= 15 is 0 Å². The van der Waals surface area contributed by atoms with Gasteiger partial charge >= 0.3 is 11.9 Å². The molecule has 1 aliphatic heterocycles. The highest BCUT2D eigenvalue weighted by Gasteiger charge is 2.49. The van der Waals surface area contributed by atoms with Gasteiger partial charge < -0.3 is 40.2 Å². The van der Waals surface area contributed by atoms with Crippen molar-refractivity contribution < 1.29 is 48.7 Å². The molecule has 0 bridgehead atoms. The van der Waals surface area contributed by atoms with Crippen molar-refractivity contribution in [2.24, 2.45) is 0 Å². The molecule has 0 radical (unpaired) electrons. The lowest BCUT2D eigenvalue weighted by molar-refractivity contribution is -0.219. The summed E-state index contributed by atoms with van der Waals surface area (Å²) in [5.74, 6) is -1.57. The minimum absolute atomic E-state index is 0.159. The number of hydrogen-bond donors (Lipinski definition) is 5. The van der Waals surface area contributed by atoms with Crippen LogP contribution >= 0.6 is 0 Å². The van der Waals surface area contributed by atoms with E-state index in [0.717, 1.165) is 116 Å². The highest BCUT2D eigenvalue weighted by Crippen LogP contribution is 2.22. The molecular formula is C33H60N2O10. The molecule has 5 atom stereocenters. The number of unbranched alkanes of at least 4 members (excludes halogenated alkanes) is 16. The third-order valence-corrected chi connectivity index (χ3v) is 8.30. The second-order valence-electron chi connectivity index (χ2n) is 12.0. The van der Waals surface area contributed by atoms with Crippen LogP contribution in [0.1, 0.15) is 128 Å². The maximum Gasteiger partial charge on any atom is 0.305 e. The summed E-state index contributed by atoms with van der Waals surface area (Å²) in [4.78, 5) is 47.5. The van der Waals surface area contributed by atoms with Crippen LogP contribution in [0.15, 0.2) is 0 Å². The maximum absolute atomic E-state index is 12.7. The molecule has 45 heavy (non-hydrogen) atoms. The van der Waals surface area contributed by atoms with Gasteiger partial charge in [0.1, 0.15) is 18.3 Å². The van der Waals surface area contributed by atoms with Gasteiger partial charge in [0.2, 0.25) is 0 Å². The summed E-state index contributed by atoms with van der Waals surface area (Å²) in [6.07, 6.45) is 11.1. The molecule has 0 aromatic heterocycles. The quantitative estimate of drug-likeness (QED) is 0.0693. The number of rotatable bonds is 26. The lowest BCUT2D eigenvalue weighted by Crippen LogP contribution is -2.64. The number of aliphatic hydroxyl groups excluding tert-OH is 3. The molecule has 1 saturated heterocycles. The average Bonchev–Trinajstić information content (AvgIpc) is 3.04. The summed E-state index contributed by atoms with van der Waals surface area (Å²) < 4.78 is 14.8. The second kappa shape index (κ2) is 25.9. The topological polar surface area (TPSA) is 181 Å². The minimum Gasteiger partial charge on any atom is -0.469 e. The minimum atomic E-state index is -1.69. The van der Waals surface area contributed by atoms with Gasteiger partial charge in [-0.05, 0) is 25.7 Å². The van der Waals surface area contributed by atoms with Crippen molar-refractivity contribution in [1.29, 1.82) is 0 Å². The Morgan fingerprint density at radius 2 is 0.778 bits per heavy atom. The van der Waals surface area contributed by atoms with E-state index in [1.165, 1.54) is 14.2 Å². The zero-order valence-electron chi connectivity index (χ0n) is 27.6. The second-order valence-corrected chi connectivity index (χ2v) is 12.0. The summed E-state index contributed by atoms with van der Waals surface area (Å²) in [5.41, 5.74) is 0. The predicted octanol–water partition coefficient (Wildman–Crippen LogP) is 3.22. The fourth-order valence-electron chi connectivity index (χ4n) is 5.40. The molecule has 0 saturated carbocycles. The van der Waals surface area contributed by atoms with Gasteiger partial charge in [-0.2, -0.15) is 0 Å². The van der Waals surface area contributed by atoms with Gasteiger partial charge in [-0.25, -0.2) is 0 Å². The Bertz CT molecular complexity index is 763. The number of hydrogen-bond acceptors (Lipinski definition) is 10. The Kier molecular flexibility index (Phi) is 23.4. The molecule has 0 aliphatic carbocycles. The lowest BCUT2D eigenvalue weighted by atomic mass is 9.94. The van der Waals surface area contributed by atoms with Crippen LogP contribution < -0.4 is 10.6 Å². The first kappa shape index (κ1) is 40.7. The van der Waals surface area contributed by atoms with Crippen LogP contribution in [0.25, 0.3) is 0 Å². The Morgan fingerprint density at radius 1 is 0.489 bits per heavy atom. The van der Waals surface area contributed by atoms with Crippen LogP contribution in [0.5, 0.6) is 0 Å². The number of amides is 2. The number of aliphatic hydroxyl groups is 3. The summed E-state index contributed by atoms with van der Waals surface area (Å²) in [7, 11) is 2.81. The van der Waals surface area contributed by atoms with Gasteiger partial charge in [-0.3, -0.25) is 19.2 Å². The van der Waals surface area contributed by atoms with Gasteiger partial charge in [0.05, 0.1) is 14.2 Å². The number of ether oxygens (including phenoxy) is 3. The maximum atomic E-state index is 12.7. The molecule has 12 heteroatoms. The van der Waals surface area contributed by atoms with Crippen LogP contribution in [0.4, 0.5) is 0 Å². The van der Waals surface area contributed by atoms with Crippen LogP contribution in [-0.2, 0) is 33.4 Å². The van der Waals surface area contributed by atoms with Crippen LogP contribution in [0.3, 0.4) is 0 Å². The summed E-state index contributed by atoms with van der Waals surface area (Å²) in [5, 5.41) is 36.4. The van der Waals surface area contributed by atoms with Gasteiger partial charge in [0, 0.05) is 25.9 Å². The van der Waals surface area contributed by atoms with Crippen molar-refractivity contribution in [2.75, 3.05) is 27.3 Å². The monoisotopic (exact) mass is 644 g/mol. The van der Waals surface area contributed by atoms with E-state index < -0.39 is 42.3 Å². The molecule has 5 N–H and O–H groups in total. The first-order chi connectivity index (χ1) is 21.7. The van der Waals surface area contributed by atoms with Crippen molar-refractivity contribution in [3.05, 3.63) is 0 Å². The van der Waals surface area contributed by atoms with Gasteiger partial charge in [0.15, 0.2) is 12.2 Å². The van der Waals surface area contributed by atoms with E-state index in [9.17, 15) is 34.5 Å². The Hall–Kier alpha value is -2.28. The molecule has 0 aromatic carbocycles. The van der Waals surface area contributed by atoms with Crippen LogP contribution in [0.2, 0.25) is 0 Å². The lowest BCUT2D eigenvalue weighted by Gasteiger charge is -2.39. The Labute approximate surface area is 269 Å². The van der Waals surface area contributed by atoms with Crippen molar-refractivity contribution in [3.63, 3.8) is 0 Å². The van der Waals surface area contributed by atoms with Crippen molar-refractivity contribution in [1.82, 2.24) is 10.6 Å². The third kappa shape index (κ3) is 18.5. The van der Waals surface area contributed by atoms with Gasteiger partial charge in [0.25, 0.3) is 11.8 Å². The van der Waals surface area contributed by atoms with E-state index in [1.54, 1.807) is 0 Å². The van der Waals surface area contributed by atoms with E-state index in [4.69, 9.17) is 4.74 Å². The smallest absolute Gasteiger partial charge is 0.305 e. The fourth-order valence-corrected chi connectivity index (χ4v) is 5.40. The Balaban J connectivity index is 2.16. The summed E-state index contributed by atoms with van der Waals surface area (Å²) in [6, 6.07) is 0. The third-order valence-electron chi connectivity index (χ3n) is 8.30. The molecule has 1 fully saturated rings. The molecule has 2 amide bonds. The Morgan fingerprint density at radius 3 is 1.09 bits per heavy atom. The molecular weight excluding hydrogens is 584 g/mol. The van der Waals surface area contributed by atoms with Crippen LogP contribution in [-0.4, -0.2) is 96.9 Å². The van der Waals surface area contributed by atoms with E-state index in [1.807, 2.05) is 0 Å². The molecule has 0 aromatic rings. The summed E-state index contributed by atoms with van der Waals surface area (Å²) in [6.45, 7) is 0.758. The normalized spacial score (nSPS) is 21.2. The number of carbonyl (C=O) groups is 4. The SMILES string of the molecule is COC(=O)CCCCCCCCCCCNC(=O)[C@H]1O[C@@H](C(=O)NCCCCCCCCCCCC(=O)OC)[C@H](O)[C@@H](O)[C@@H]1O. The fraction of sp³-hybridized carbons (Fsp3) is 0.879. The van der Waals surface area contributed by atoms with Gasteiger partial charge in [-0.15, -0.1) is 0 Å². The first-order valence-corrected chi connectivity index (χ1v) is 17.1. The van der Waals surface area contributed by atoms with Crippen molar-refractivity contribution in [3.8, 4) is 0 Å². The zero-order valence-corrected chi connectivity index (χ0v) is 27.6. The van der Waals surface area contributed by atoms with Crippen LogP contribution in [0, 0.1) is 0 Å². The average molecular weight is 645 g/mol. The standard InChI is InChI=1S/C33H60N2O10/c1-43-25(36)21-17-13-9-5-3-7-11-15-19-23-34-32(41)30-28(39)27(38)29(40)31(45-30)33(42)35-24-20-16-12-8-4-6-10-14-18-22-26(37)44-2/h27-31,38-40H,3-24H2,1-2H3,(H,34,41)(H,35,42)/t27-,28-,29+,30-,31+. The molecule has 1 heterocycles. The molecule has 1 aliphatic rings. The first-order valence-electron chi connectivity index (χ1n) is 17.1. The number of esters is 2. The molecule has 0 unspecified atom stereocenters. The molecule has 1 rings (SSSR count). The molecule has 0 spiro atoms. The number of methoxy groups -OCH3 is 2. The highest BCUT2D eigenvalue weighted by atomic mass is 16.5. The predicted molar refractivity (Wildman–Crippen MR) is 169 cm³/mol. The van der Waals surface area contributed by atoms with E-state index in [0.29, 0.717) is 25.9 Å². The van der Waals surface area contributed by atoms with E-state index in [-0.39, 0.29) is 11.9 Å². The number of nitrogens with one attached hydrogen (secondary N) is 2. The number of carbonyl (C=O) groups excluding carboxylic acids is 4. The highest BCUT2D eigenvalue weighted by molar-refractivity contribution is 5.85. The largest absolute Gasteiger partial charge is 0.469 e.